The van der Waals surface area contributed by atoms with Gasteiger partial charge in [-0.2, -0.15) is 0 Å². The van der Waals surface area contributed by atoms with Gasteiger partial charge in [-0.1, -0.05) is 6.92 Å². The van der Waals surface area contributed by atoms with Crippen molar-refractivity contribution in [1.82, 2.24) is 9.80 Å². The molecule has 1 atom stereocenters. The molecule has 0 N–H and O–H groups in total. The zero-order chi connectivity index (χ0) is 12.3. The fourth-order valence-corrected chi connectivity index (χ4v) is 2.52. The third-order valence-corrected chi connectivity index (χ3v) is 3.48. The second-order valence-electron chi connectivity index (χ2n) is 4.54. The molecule has 2 aliphatic rings. The van der Waals surface area contributed by atoms with E-state index in [0.717, 1.165) is 19.4 Å². The normalized spacial score (nSPS) is 25.1. The van der Waals surface area contributed by atoms with Crippen molar-refractivity contribution in [1.29, 1.82) is 0 Å². The third-order valence-electron chi connectivity index (χ3n) is 3.48. The van der Waals surface area contributed by atoms with E-state index in [1.54, 1.807) is 4.90 Å². The van der Waals surface area contributed by atoms with Crippen molar-refractivity contribution in [3.63, 3.8) is 0 Å². The van der Waals surface area contributed by atoms with Crippen LogP contribution in [-0.4, -0.2) is 60.5 Å². The van der Waals surface area contributed by atoms with E-state index in [-0.39, 0.29) is 17.9 Å². The van der Waals surface area contributed by atoms with Gasteiger partial charge in [0.25, 0.3) is 0 Å². The fraction of sp³-hybridized carbons (Fsp3) is 0.833. The van der Waals surface area contributed by atoms with Crippen LogP contribution in [-0.2, 0) is 14.3 Å². The smallest absolute Gasteiger partial charge is 0.245 e. The molecule has 0 saturated carbocycles. The number of morpholine rings is 1. The van der Waals surface area contributed by atoms with Crippen LogP contribution in [0.2, 0.25) is 0 Å². The number of ether oxygens (including phenoxy) is 1. The summed E-state index contributed by atoms with van der Waals surface area (Å²) >= 11 is 0. The molecule has 0 unspecified atom stereocenters. The lowest BCUT2D eigenvalue weighted by Crippen LogP contribution is -2.50. The van der Waals surface area contributed by atoms with Crippen LogP contribution in [0, 0.1) is 0 Å². The molecule has 5 heteroatoms. The van der Waals surface area contributed by atoms with Gasteiger partial charge in [0.1, 0.15) is 6.04 Å². The molecule has 2 aliphatic heterocycles. The lowest BCUT2D eigenvalue weighted by Gasteiger charge is -2.32. The largest absolute Gasteiger partial charge is 0.378 e. The van der Waals surface area contributed by atoms with Crippen LogP contribution in [0.25, 0.3) is 0 Å². The number of carbonyl (C=O) groups is 2. The Morgan fingerprint density at radius 3 is 2.59 bits per heavy atom. The molecule has 96 valence electrons. The highest BCUT2D eigenvalue weighted by Gasteiger charge is 2.36. The maximum Gasteiger partial charge on any atom is 0.245 e. The average molecular weight is 240 g/mol. The molecular weight excluding hydrogens is 220 g/mol. The van der Waals surface area contributed by atoms with E-state index in [1.165, 1.54) is 0 Å². The van der Waals surface area contributed by atoms with E-state index in [4.69, 9.17) is 4.74 Å². The molecule has 2 rings (SSSR count). The molecule has 0 aromatic rings. The Labute approximate surface area is 102 Å². The first-order valence-corrected chi connectivity index (χ1v) is 6.40. The van der Waals surface area contributed by atoms with Gasteiger partial charge in [-0.3, -0.25) is 9.59 Å². The van der Waals surface area contributed by atoms with Crippen molar-refractivity contribution in [3.05, 3.63) is 0 Å². The summed E-state index contributed by atoms with van der Waals surface area (Å²) in [7, 11) is 0. The summed E-state index contributed by atoms with van der Waals surface area (Å²) in [5.74, 6) is 0.196. The SMILES string of the molecule is CCC(=O)N1CCC[C@H]1C(=O)N1CCOCC1. The Morgan fingerprint density at radius 2 is 1.94 bits per heavy atom. The van der Waals surface area contributed by atoms with Gasteiger partial charge < -0.3 is 14.5 Å². The number of hydrogen-bond donors (Lipinski definition) is 0. The summed E-state index contributed by atoms with van der Waals surface area (Å²) in [6, 6.07) is -0.222. The van der Waals surface area contributed by atoms with Gasteiger partial charge in [-0.15, -0.1) is 0 Å². The molecule has 2 heterocycles. The Kier molecular flexibility index (Phi) is 3.99. The van der Waals surface area contributed by atoms with Crippen LogP contribution in [0.15, 0.2) is 0 Å². The number of likely N-dealkylation sites (tertiary alicyclic amines) is 1. The number of rotatable bonds is 2. The number of carbonyl (C=O) groups excluding carboxylic acids is 2. The Balaban J connectivity index is 1.99. The van der Waals surface area contributed by atoms with Gasteiger partial charge in [-0.25, -0.2) is 0 Å². The minimum absolute atomic E-state index is 0.0918. The summed E-state index contributed by atoms with van der Waals surface area (Å²) in [4.78, 5) is 27.6. The van der Waals surface area contributed by atoms with Crippen LogP contribution in [0.4, 0.5) is 0 Å². The van der Waals surface area contributed by atoms with Gasteiger partial charge in [-0.05, 0) is 12.8 Å². The zero-order valence-corrected chi connectivity index (χ0v) is 10.4. The topological polar surface area (TPSA) is 49.9 Å². The monoisotopic (exact) mass is 240 g/mol. The average Bonchev–Trinajstić information content (AvgIpc) is 2.87. The summed E-state index contributed by atoms with van der Waals surface area (Å²) in [6.45, 7) is 5.11. The van der Waals surface area contributed by atoms with Gasteiger partial charge >= 0.3 is 0 Å². The van der Waals surface area contributed by atoms with Crippen molar-refractivity contribution < 1.29 is 14.3 Å². The number of hydrogen-bond acceptors (Lipinski definition) is 3. The van der Waals surface area contributed by atoms with Crippen LogP contribution < -0.4 is 0 Å². The molecule has 17 heavy (non-hydrogen) atoms. The first kappa shape index (κ1) is 12.4. The molecule has 5 nitrogen and oxygen atoms in total. The summed E-state index contributed by atoms with van der Waals surface area (Å²) in [5.41, 5.74) is 0. The van der Waals surface area contributed by atoms with Crippen LogP contribution in [0.3, 0.4) is 0 Å². The second-order valence-corrected chi connectivity index (χ2v) is 4.54. The van der Waals surface area contributed by atoms with Gasteiger partial charge in [0, 0.05) is 26.1 Å². The molecule has 2 amide bonds. The van der Waals surface area contributed by atoms with Crippen molar-refractivity contribution in [2.75, 3.05) is 32.8 Å². The van der Waals surface area contributed by atoms with Gasteiger partial charge in [0.2, 0.25) is 11.8 Å². The molecule has 0 aromatic heterocycles. The second kappa shape index (κ2) is 5.49. The predicted molar refractivity (Wildman–Crippen MR) is 62.4 cm³/mol. The van der Waals surface area contributed by atoms with Crippen LogP contribution in [0.5, 0.6) is 0 Å². The molecule has 2 saturated heterocycles. The maximum atomic E-state index is 12.3. The minimum Gasteiger partial charge on any atom is -0.378 e. The third kappa shape index (κ3) is 2.60. The molecule has 2 fully saturated rings. The maximum absolute atomic E-state index is 12.3. The van der Waals surface area contributed by atoms with E-state index in [9.17, 15) is 9.59 Å². The lowest BCUT2D eigenvalue weighted by molar-refractivity contribution is -0.146. The Hall–Kier alpha value is -1.10. The number of amides is 2. The standard InChI is InChI=1S/C12H20N2O3/c1-2-11(15)14-5-3-4-10(14)12(16)13-6-8-17-9-7-13/h10H,2-9H2,1H3/t10-/m0/s1. The summed E-state index contributed by atoms with van der Waals surface area (Å²) < 4.78 is 5.23. The minimum atomic E-state index is -0.222. The van der Waals surface area contributed by atoms with Crippen molar-refractivity contribution >= 4 is 11.8 Å². The molecule has 0 aromatic carbocycles. The molecule has 0 bridgehead atoms. The van der Waals surface area contributed by atoms with Crippen molar-refractivity contribution in [2.45, 2.75) is 32.2 Å². The molecular formula is C12H20N2O3. The van der Waals surface area contributed by atoms with E-state index in [2.05, 4.69) is 0 Å². The van der Waals surface area contributed by atoms with Crippen molar-refractivity contribution in [2.24, 2.45) is 0 Å². The molecule has 0 radical (unpaired) electrons. The van der Waals surface area contributed by atoms with Crippen LogP contribution >= 0.6 is 0 Å². The first-order valence-electron chi connectivity index (χ1n) is 6.40. The Bertz CT molecular complexity index is 300. The summed E-state index contributed by atoms with van der Waals surface area (Å²) in [5, 5.41) is 0. The van der Waals surface area contributed by atoms with Gasteiger partial charge in [0.05, 0.1) is 13.2 Å². The molecule has 0 spiro atoms. The van der Waals surface area contributed by atoms with E-state index in [1.807, 2.05) is 11.8 Å². The first-order chi connectivity index (χ1) is 8.24. The highest BCUT2D eigenvalue weighted by atomic mass is 16.5. The van der Waals surface area contributed by atoms with E-state index < -0.39 is 0 Å². The quantitative estimate of drug-likeness (QED) is 0.695. The van der Waals surface area contributed by atoms with Crippen LogP contribution in [0.1, 0.15) is 26.2 Å². The van der Waals surface area contributed by atoms with E-state index >= 15 is 0 Å². The highest BCUT2D eigenvalue weighted by molar-refractivity contribution is 5.88. The zero-order valence-electron chi connectivity index (χ0n) is 10.4. The predicted octanol–water partition coefficient (Wildman–Crippen LogP) is 0.246. The molecule has 0 aliphatic carbocycles. The fourth-order valence-electron chi connectivity index (χ4n) is 2.52. The Morgan fingerprint density at radius 1 is 1.24 bits per heavy atom. The number of nitrogens with zero attached hydrogens (tertiary/aromatic N) is 2. The van der Waals surface area contributed by atoms with Crippen molar-refractivity contribution in [3.8, 4) is 0 Å². The highest BCUT2D eigenvalue weighted by Crippen LogP contribution is 2.20. The lowest BCUT2D eigenvalue weighted by atomic mass is 10.1. The summed E-state index contributed by atoms with van der Waals surface area (Å²) in [6.07, 6.45) is 2.22. The van der Waals surface area contributed by atoms with Gasteiger partial charge in [0.15, 0.2) is 0 Å². The van der Waals surface area contributed by atoms with E-state index in [0.29, 0.717) is 32.7 Å².